The van der Waals surface area contributed by atoms with Crippen molar-refractivity contribution in [1.82, 2.24) is 5.32 Å². The maximum absolute atomic E-state index is 14.0. The molecule has 1 saturated heterocycles. The Hall–Kier alpha value is -1.62. The van der Waals surface area contributed by atoms with Gasteiger partial charge < -0.3 is 14.8 Å². The van der Waals surface area contributed by atoms with E-state index in [0.717, 1.165) is 50.4 Å². The van der Waals surface area contributed by atoms with Gasteiger partial charge in [0.15, 0.2) is 11.6 Å². The third kappa shape index (κ3) is 3.10. The standard InChI is InChI=1S/C15H19FN2O2/c16-13-9-11(15-17-6-2-7-18-15)4-5-14(13)20-10-12-3-1-8-19-12/h4-5,9,12H,1-3,6-8,10H2,(H,17,18). The molecule has 1 unspecified atom stereocenters. The fraction of sp³-hybridized carbons (Fsp3) is 0.533. The van der Waals surface area contributed by atoms with Crippen LogP contribution in [-0.2, 0) is 4.74 Å². The third-order valence-corrected chi connectivity index (χ3v) is 3.55. The molecule has 0 aromatic heterocycles. The quantitative estimate of drug-likeness (QED) is 0.917. The first-order valence-corrected chi connectivity index (χ1v) is 7.15. The first kappa shape index (κ1) is 13.4. The number of ether oxygens (including phenoxy) is 2. The molecule has 4 nitrogen and oxygen atoms in total. The van der Waals surface area contributed by atoms with Crippen LogP contribution in [0.4, 0.5) is 4.39 Å². The molecule has 108 valence electrons. The van der Waals surface area contributed by atoms with Gasteiger partial charge in [-0.05, 0) is 37.5 Å². The van der Waals surface area contributed by atoms with Gasteiger partial charge in [-0.15, -0.1) is 0 Å². The van der Waals surface area contributed by atoms with E-state index in [9.17, 15) is 4.39 Å². The molecule has 0 spiro atoms. The number of benzene rings is 1. The fourth-order valence-electron chi connectivity index (χ4n) is 2.45. The summed E-state index contributed by atoms with van der Waals surface area (Å²) in [6.07, 6.45) is 3.16. The van der Waals surface area contributed by atoms with Crippen LogP contribution in [-0.4, -0.2) is 38.2 Å². The Morgan fingerprint density at radius 3 is 3.05 bits per heavy atom. The molecule has 2 aliphatic rings. The van der Waals surface area contributed by atoms with Crippen molar-refractivity contribution in [2.24, 2.45) is 4.99 Å². The van der Waals surface area contributed by atoms with Gasteiger partial charge in [-0.1, -0.05) is 0 Å². The summed E-state index contributed by atoms with van der Waals surface area (Å²) in [6, 6.07) is 4.98. The van der Waals surface area contributed by atoms with E-state index in [1.807, 2.05) is 6.07 Å². The molecular weight excluding hydrogens is 259 g/mol. The maximum Gasteiger partial charge on any atom is 0.165 e. The predicted octanol–water partition coefficient (Wildman–Crippen LogP) is 2.12. The first-order chi connectivity index (χ1) is 9.83. The molecule has 1 atom stereocenters. The molecule has 0 saturated carbocycles. The van der Waals surface area contributed by atoms with E-state index in [4.69, 9.17) is 9.47 Å². The minimum atomic E-state index is -0.351. The second-order valence-corrected chi connectivity index (χ2v) is 5.10. The number of aliphatic imine (C=N–C) groups is 1. The zero-order valence-corrected chi connectivity index (χ0v) is 11.4. The van der Waals surface area contributed by atoms with Crippen molar-refractivity contribution in [1.29, 1.82) is 0 Å². The number of nitrogens with zero attached hydrogens (tertiary/aromatic N) is 1. The summed E-state index contributed by atoms with van der Waals surface area (Å²) >= 11 is 0. The van der Waals surface area contributed by atoms with E-state index < -0.39 is 0 Å². The van der Waals surface area contributed by atoms with Crippen molar-refractivity contribution in [3.8, 4) is 5.75 Å². The van der Waals surface area contributed by atoms with Gasteiger partial charge in [-0.3, -0.25) is 4.99 Å². The van der Waals surface area contributed by atoms with Crippen LogP contribution in [0.5, 0.6) is 5.75 Å². The Morgan fingerprint density at radius 1 is 1.40 bits per heavy atom. The van der Waals surface area contributed by atoms with Crippen LogP contribution in [0.1, 0.15) is 24.8 Å². The second-order valence-electron chi connectivity index (χ2n) is 5.10. The molecule has 1 N–H and O–H groups in total. The molecule has 1 aromatic rings. The minimum absolute atomic E-state index is 0.0958. The highest BCUT2D eigenvalue weighted by Gasteiger charge is 2.17. The van der Waals surface area contributed by atoms with Crippen LogP contribution in [0.25, 0.3) is 0 Å². The van der Waals surface area contributed by atoms with Crippen LogP contribution in [0.15, 0.2) is 23.2 Å². The molecule has 3 rings (SSSR count). The summed E-state index contributed by atoms with van der Waals surface area (Å²) < 4.78 is 25.0. The van der Waals surface area contributed by atoms with Crippen molar-refractivity contribution < 1.29 is 13.9 Å². The highest BCUT2D eigenvalue weighted by atomic mass is 19.1. The number of hydrogen-bond donors (Lipinski definition) is 1. The highest BCUT2D eigenvalue weighted by Crippen LogP contribution is 2.21. The van der Waals surface area contributed by atoms with Gasteiger partial charge in [0.2, 0.25) is 0 Å². The van der Waals surface area contributed by atoms with Gasteiger partial charge in [0.25, 0.3) is 0 Å². The number of halogens is 1. The summed E-state index contributed by atoms with van der Waals surface area (Å²) in [4.78, 5) is 4.36. The lowest BCUT2D eigenvalue weighted by atomic mass is 10.1. The lowest BCUT2D eigenvalue weighted by Crippen LogP contribution is -2.30. The molecule has 2 heterocycles. The van der Waals surface area contributed by atoms with Gasteiger partial charge in [-0.2, -0.15) is 0 Å². The molecule has 0 bridgehead atoms. The minimum Gasteiger partial charge on any atom is -0.488 e. The van der Waals surface area contributed by atoms with E-state index in [1.54, 1.807) is 6.07 Å². The summed E-state index contributed by atoms with van der Waals surface area (Å²) in [5.74, 6) is 0.692. The highest BCUT2D eigenvalue weighted by molar-refractivity contribution is 5.99. The van der Waals surface area contributed by atoms with Crippen LogP contribution in [0.2, 0.25) is 0 Å². The average Bonchev–Trinajstić information content (AvgIpc) is 3.00. The smallest absolute Gasteiger partial charge is 0.165 e. The van der Waals surface area contributed by atoms with E-state index >= 15 is 0 Å². The van der Waals surface area contributed by atoms with Crippen molar-refractivity contribution >= 4 is 5.84 Å². The van der Waals surface area contributed by atoms with Crippen molar-refractivity contribution in [3.63, 3.8) is 0 Å². The van der Waals surface area contributed by atoms with Crippen molar-refractivity contribution in [2.45, 2.75) is 25.4 Å². The Morgan fingerprint density at radius 2 is 2.35 bits per heavy atom. The van der Waals surface area contributed by atoms with Crippen LogP contribution < -0.4 is 10.1 Å². The molecular formula is C15H19FN2O2. The van der Waals surface area contributed by atoms with E-state index in [2.05, 4.69) is 10.3 Å². The van der Waals surface area contributed by atoms with Crippen LogP contribution in [0.3, 0.4) is 0 Å². The predicted molar refractivity (Wildman–Crippen MR) is 74.9 cm³/mol. The van der Waals surface area contributed by atoms with Crippen LogP contribution >= 0.6 is 0 Å². The first-order valence-electron chi connectivity index (χ1n) is 7.15. The lowest BCUT2D eigenvalue weighted by molar-refractivity contribution is 0.0666. The Labute approximate surface area is 118 Å². The number of rotatable bonds is 4. The molecule has 2 aliphatic heterocycles. The van der Waals surface area contributed by atoms with E-state index in [1.165, 1.54) is 6.07 Å². The van der Waals surface area contributed by atoms with Crippen molar-refractivity contribution in [3.05, 3.63) is 29.6 Å². The second kappa shape index (κ2) is 6.22. The van der Waals surface area contributed by atoms with Gasteiger partial charge >= 0.3 is 0 Å². The summed E-state index contributed by atoms with van der Waals surface area (Å²) in [7, 11) is 0. The summed E-state index contributed by atoms with van der Waals surface area (Å²) in [5.41, 5.74) is 0.770. The largest absolute Gasteiger partial charge is 0.488 e. The Balaban J connectivity index is 1.65. The average molecular weight is 278 g/mol. The fourth-order valence-corrected chi connectivity index (χ4v) is 2.45. The summed E-state index contributed by atoms with van der Waals surface area (Å²) in [6.45, 7) is 2.87. The zero-order chi connectivity index (χ0) is 13.8. The van der Waals surface area contributed by atoms with Gasteiger partial charge in [0.1, 0.15) is 12.4 Å². The van der Waals surface area contributed by atoms with Gasteiger partial charge in [-0.25, -0.2) is 4.39 Å². The Kier molecular flexibility index (Phi) is 4.16. The molecule has 0 radical (unpaired) electrons. The lowest BCUT2D eigenvalue weighted by Gasteiger charge is -2.16. The number of hydrogen-bond acceptors (Lipinski definition) is 4. The maximum atomic E-state index is 14.0. The zero-order valence-electron chi connectivity index (χ0n) is 11.4. The van der Waals surface area contributed by atoms with Crippen LogP contribution in [0, 0.1) is 5.82 Å². The number of nitrogens with one attached hydrogen (secondary N) is 1. The normalized spacial score (nSPS) is 22.2. The molecule has 20 heavy (non-hydrogen) atoms. The molecule has 5 heteroatoms. The van der Waals surface area contributed by atoms with Gasteiger partial charge in [0.05, 0.1) is 6.10 Å². The monoisotopic (exact) mass is 278 g/mol. The topological polar surface area (TPSA) is 42.9 Å². The third-order valence-electron chi connectivity index (χ3n) is 3.55. The SMILES string of the molecule is Fc1cc(C2=NCCCN2)ccc1OCC1CCCO1. The van der Waals surface area contributed by atoms with Gasteiger partial charge in [0, 0.05) is 25.3 Å². The molecule has 0 aliphatic carbocycles. The van der Waals surface area contributed by atoms with E-state index in [-0.39, 0.29) is 17.7 Å². The summed E-state index contributed by atoms with van der Waals surface area (Å²) in [5, 5.41) is 3.18. The van der Waals surface area contributed by atoms with Crippen molar-refractivity contribution in [2.75, 3.05) is 26.3 Å². The van der Waals surface area contributed by atoms with E-state index in [0.29, 0.717) is 6.61 Å². The Bertz CT molecular complexity index is 499. The molecule has 0 amide bonds. The number of amidine groups is 1. The molecule has 1 aromatic carbocycles. The molecule has 1 fully saturated rings.